The molecule has 0 radical (unpaired) electrons. The molecule has 6 nitrogen and oxygen atoms in total. The average molecular weight is 236 g/mol. The zero-order valence-corrected chi connectivity index (χ0v) is 9.77. The molecule has 17 heavy (non-hydrogen) atoms. The van der Waals surface area contributed by atoms with Gasteiger partial charge in [-0.2, -0.15) is 0 Å². The minimum atomic E-state index is -0.196. The van der Waals surface area contributed by atoms with E-state index in [4.69, 9.17) is 5.73 Å². The van der Waals surface area contributed by atoms with Crippen LogP contribution in [0.2, 0.25) is 0 Å². The van der Waals surface area contributed by atoms with Crippen LogP contribution in [0.3, 0.4) is 0 Å². The number of fused-ring (bicyclic) bond motifs is 1. The Morgan fingerprint density at radius 2 is 2.41 bits per heavy atom. The van der Waals surface area contributed by atoms with Crippen molar-refractivity contribution >= 4 is 5.91 Å². The first kappa shape index (κ1) is 10.6. The quantitative estimate of drug-likeness (QED) is 0.674. The number of hydrogen-bond acceptors (Lipinski definition) is 3. The lowest BCUT2D eigenvalue weighted by molar-refractivity contribution is 0.0778. The first-order valence-electron chi connectivity index (χ1n) is 5.84. The number of aryl methyl sites for hydroxylation is 1. The van der Waals surface area contributed by atoms with Gasteiger partial charge >= 0.3 is 0 Å². The summed E-state index contributed by atoms with van der Waals surface area (Å²) in [5, 5.41) is 2.76. The third-order valence-corrected chi connectivity index (χ3v) is 4.10. The number of amides is 1. The molecule has 2 fully saturated rings. The minimum absolute atomic E-state index is 0.123. The molecule has 3 N–H and O–H groups in total. The fourth-order valence-electron chi connectivity index (χ4n) is 2.81. The largest absolute Gasteiger partial charge is 0.335 e. The van der Waals surface area contributed by atoms with Crippen LogP contribution in [0.4, 0.5) is 0 Å². The summed E-state index contributed by atoms with van der Waals surface area (Å²) in [4.78, 5) is 25.2. The lowest BCUT2D eigenvalue weighted by atomic mass is 9.70. The van der Waals surface area contributed by atoms with Crippen LogP contribution in [-0.2, 0) is 7.05 Å². The Morgan fingerprint density at radius 1 is 1.65 bits per heavy atom. The number of hydrogen-bond donors (Lipinski definition) is 2. The molecule has 2 heterocycles. The molecule has 2 atom stereocenters. The van der Waals surface area contributed by atoms with Crippen molar-refractivity contribution in [3.05, 3.63) is 22.1 Å². The molecule has 1 aromatic heterocycles. The lowest BCUT2D eigenvalue weighted by Gasteiger charge is -2.39. The Labute approximate surface area is 98.4 Å². The van der Waals surface area contributed by atoms with Gasteiger partial charge in [-0.1, -0.05) is 0 Å². The molecular formula is C11H16N4O2. The summed E-state index contributed by atoms with van der Waals surface area (Å²) in [6, 6.07) is 1.34. The average Bonchev–Trinajstić information content (AvgIpc) is 2.71. The van der Waals surface area contributed by atoms with Crippen LogP contribution in [0.5, 0.6) is 0 Å². The standard InChI is InChI=1S/C11H16N4O2/c1-14-9(16)4-8(13-14)10(17)15-5-7-2-3-11(7,12)6-15/h4,7,13H,2-3,5-6,12H2,1H3/t7-,11-/m0/s1. The number of nitrogens with two attached hydrogens (primary N) is 1. The summed E-state index contributed by atoms with van der Waals surface area (Å²) < 4.78 is 1.30. The van der Waals surface area contributed by atoms with Crippen molar-refractivity contribution in [1.82, 2.24) is 14.7 Å². The van der Waals surface area contributed by atoms with E-state index in [2.05, 4.69) is 5.10 Å². The highest BCUT2D eigenvalue weighted by atomic mass is 16.2. The fourth-order valence-corrected chi connectivity index (χ4v) is 2.81. The molecule has 92 valence electrons. The van der Waals surface area contributed by atoms with Crippen molar-refractivity contribution in [2.45, 2.75) is 18.4 Å². The SMILES string of the molecule is Cn1[nH]c(C(=O)N2C[C@@H]3CC[C@]3(N)C2)cc1=O. The fraction of sp³-hybridized carbons (Fsp3) is 0.636. The van der Waals surface area contributed by atoms with Gasteiger partial charge in [-0.05, 0) is 18.8 Å². The molecule has 1 saturated heterocycles. The predicted molar refractivity (Wildman–Crippen MR) is 61.6 cm³/mol. The number of likely N-dealkylation sites (tertiary alicyclic amines) is 1. The number of nitrogens with one attached hydrogen (secondary N) is 1. The van der Waals surface area contributed by atoms with Crippen molar-refractivity contribution in [1.29, 1.82) is 0 Å². The second kappa shape index (κ2) is 3.22. The third-order valence-electron chi connectivity index (χ3n) is 4.10. The number of rotatable bonds is 1. The van der Waals surface area contributed by atoms with Gasteiger partial charge in [-0.3, -0.25) is 19.4 Å². The first-order chi connectivity index (χ1) is 7.99. The number of carbonyl (C=O) groups excluding carboxylic acids is 1. The molecule has 0 spiro atoms. The van der Waals surface area contributed by atoms with E-state index in [0.717, 1.165) is 12.8 Å². The van der Waals surface area contributed by atoms with Gasteiger partial charge in [0.1, 0.15) is 5.69 Å². The smallest absolute Gasteiger partial charge is 0.272 e. The maximum absolute atomic E-state index is 12.2. The Bertz CT molecular complexity index is 532. The van der Waals surface area contributed by atoms with E-state index in [0.29, 0.717) is 24.7 Å². The van der Waals surface area contributed by atoms with E-state index in [-0.39, 0.29) is 17.0 Å². The van der Waals surface area contributed by atoms with Crippen LogP contribution < -0.4 is 11.3 Å². The van der Waals surface area contributed by atoms with Gasteiger partial charge in [-0.25, -0.2) is 0 Å². The Hall–Kier alpha value is -1.56. The van der Waals surface area contributed by atoms with Gasteiger partial charge in [0, 0.05) is 31.7 Å². The normalized spacial score (nSPS) is 31.2. The summed E-state index contributed by atoms with van der Waals surface area (Å²) in [5.41, 5.74) is 6.16. The van der Waals surface area contributed by atoms with Gasteiger partial charge in [0.25, 0.3) is 11.5 Å². The van der Waals surface area contributed by atoms with Crippen LogP contribution in [0.1, 0.15) is 23.3 Å². The zero-order chi connectivity index (χ0) is 12.2. The molecule has 1 amide bonds. The molecular weight excluding hydrogens is 220 g/mol. The highest BCUT2D eigenvalue weighted by Gasteiger charge is 2.51. The minimum Gasteiger partial charge on any atom is -0.335 e. The van der Waals surface area contributed by atoms with Gasteiger partial charge in [0.2, 0.25) is 0 Å². The van der Waals surface area contributed by atoms with Crippen LogP contribution >= 0.6 is 0 Å². The second-order valence-electron chi connectivity index (χ2n) is 5.22. The van der Waals surface area contributed by atoms with E-state index in [1.807, 2.05) is 0 Å². The molecule has 1 aliphatic carbocycles. The van der Waals surface area contributed by atoms with Crippen molar-refractivity contribution in [3.63, 3.8) is 0 Å². The number of carbonyl (C=O) groups is 1. The molecule has 6 heteroatoms. The molecule has 1 aliphatic heterocycles. The molecule has 1 aromatic rings. The topological polar surface area (TPSA) is 84.1 Å². The van der Waals surface area contributed by atoms with Crippen molar-refractivity contribution in [2.24, 2.45) is 18.7 Å². The van der Waals surface area contributed by atoms with Gasteiger partial charge in [0.05, 0.1) is 0 Å². The first-order valence-corrected chi connectivity index (χ1v) is 5.84. The highest BCUT2D eigenvalue weighted by molar-refractivity contribution is 5.92. The third kappa shape index (κ3) is 1.44. The molecule has 0 unspecified atom stereocenters. The van der Waals surface area contributed by atoms with E-state index >= 15 is 0 Å². The monoisotopic (exact) mass is 236 g/mol. The molecule has 0 aromatic carbocycles. The summed E-state index contributed by atoms with van der Waals surface area (Å²) in [5.74, 6) is 0.309. The van der Waals surface area contributed by atoms with Gasteiger partial charge in [-0.15, -0.1) is 0 Å². The van der Waals surface area contributed by atoms with Gasteiger partial charge < -0.3 is 10.6 Å². The maximum atomic E-state index is 12.2. The number of nitrogens with zero attached hydrogens (tertiary/aromatic N) is 2. The van der Waals surface area contributed by atoms with Crippen LogP contribution in [0, 0.1) is 5.92 Å². The Kier molecular flexibility index (Phi) is 2.01. The number of aromatic nitrogens is 2. The zero-order valence-electron chi connectivity index (χ0n) is 9.77. The van der Waals surface area contributed by atoms with Crippen molar-refractivity contribution < 1.29 is 4.79 Å². The molecule has 1 saturated carbocycles. The summed E-state index contributed by atoms with van der Waals surface area (Å²) in [6.07, 6.45) is 2.10. The van der Waals surface area contributed by atoms with Crippen molar-refractivity contribution in [2.75, 3.05) is 13.1 Å². The van der Waals surface area contributed by atoms with E-state index in [1.165, 1.54) is 10.7 Å². The lowest BCUT2D eigenvalue weighted by Crippen LogP contribution is -2.54. The molecule has 3 rings (SSSR count). The number of aromatic amines is 1. The highest BCUT2D eigenvalue weighted by Crippen LogP contribution is 2.42. The Balaban J connectivity index is 1.82. The summed E-state index contributed by atoms with van der Waals surface area (Å²) in [6.45, 7) is 1.32. The van der Waals surface area contributed by atoms with Crippen LogP contribution in [0.15, 0.2) is 10.9 Å². The van der Waals surface area contributed by atoms with Crippen LogP contribution in [0.25, 0.3) is 0 Å². The van der Waals surface area contributed by atoms with Crippen molar-refractivity contribution in [3.8, 4) is 0 Å². The maximum Gasteiger partial charge on any atom is 0.272 e. The van der Waals surface area contributed by atoms with Gasteiger partial charge in [0.15, 0.2) is 0 Å². The second-order valence-corrected chi connectivity index (χ2v) is 5.22. The summed E-state index contributed by atoms with van der Waals surface area (Å²) in [7, 11) is 1.59. The molecule has 0 bridgehead atoms. The summed E-state index contributed by atoms with van der Waals surface area (Å²) >= 11 is 0. The van der Waals surface area contributed by atoms with Crippen LogP contribution in [-0.4, -0.2) is 39.2 Å². The van der Waals surface area contributed by atoms with E-state index in [9.17, 15) is 9.59 Å². The van der Waals surface area contributed by atoms with E-state index < -0.39 is 0 Å². The van der Waals surface area contributed by atoms with E-state index in [1.54, 1.807) is 11.9 Å². The molecule has 2 aliphatic rings. The predicted octanol–water partition coefficient (Wildman–Crippen LogP) is -0.723. The number of H-pyrrole nitrogens is 1. The Morgan fingerprint density at radius 3 is 2.82 bits per heavy atom.